The number of quaternary nitrogens is 1. The molecule has 1 aliphatic rings. The molecule has 25 heavy (non-hydrogen) atoms. The van der Waals surface area contributed by atoms with Crippen LogP contribution in [0, 0.1) is 10.1 Å². The van der Waals surface area contributed by atoms with Gasteiger partial charge in [-0.3, -0.25) is 14.9 Å². The highest BCUT2D eigenvalue weighted by atomic mass is 32.1. The first-order valence-electron chi connectivity index (χ1n) is 8.02. The fourth-order valence-corrected chi connectivity index (χ4v) is 4.17. The lowest BCUT2D eigenvalue weighted by Gasteiger charge is -2.29. The van der Waals surface area contributed by atoms with Crippen LogP contribution in [0.4, 0.5) is 11.4 Å². The highest BCUT2D eigenvalue weighted by Crippen LogP contribution is 2.29. The Bertz CT molecular complexity index is 805. The van der Waals surface area contributed by atoms with Gasteiger partial charge in [-0.1, -0.05) is 0 Å². The van der Waals surface area contributed by atoms with E-state index in [1.165, 1.54) is 34.6 Å². The SMILES string of the molecule is COc1ccc(NC(=O)C[NH+]2CCc3sccc3[C@@H]2C)c([N+](=O)[O-])c1. The Morgan fingerprint density at radius 1 is 1.48 bits per heavy atom. The zero-order valence-corrected chi connectivity index (χ0v) is 14.9. The average molecular weight is 362 g/mol. The van der Waals surface area contributed by atoms with E-state index in [0.717, 1.165) is 13.0 Å². The fraction of sp³-hybridized carbons (Fsp3) is 0.353. The van der Waals surface area contributed by atoms with Crippen molar-refractivity contribution in [3.63, 3.8) is 0 Å². The van der Waals surface area contributed by atoms with Crippen LogP contribution >= 0.6 is 11.3 Å². The number of methoxy groups -OCH3 is 1. The fourth-order valence-electron chi connectivity index (χ4n) is 3.19. The van der Waals surface area contributed by atoms with Crippen molar-refractivity contribution in [1.29, 1.82) is 0 Å². The van der Waals surface area contributed by atoms with Gasteiger partial charge in [0.25, 0.3) is 11.6 Å². The third-order valence-electron chi connectivity index (χ3n) is 4.60. The van der Waals surface area contributed by atoms with Gasteiger partial charge in [0, 0.05) is 16.9 Å². The van der Waals surface area contributed by atoms with Crippen LogP contribution in [-0.4, -0.2) is 31.0 Å². The molecule has 3 rings (SSSR count). The molecule has 0 radical (unpaired) electrons. The molecule has 1 amide bonds. The van der Waals surface area contributed by atoms with Crippen LogP contribution in [0.5, 0.6) is 5.75 Å². The molecule has 2 N–H and O–H groups in total. The van der Waals surface area contributed by atoms with E-state index >= 15 is 0 Å². The lowest BCUT2D eigenvalue weighted by Crippen LogP contribution is -3.14. The molecule has 1 unspecified atom stereocenters. The second-order valence-corrected chi connectivity index (χ2v) is 7.04. The van der Waals surface area contributed by atoms with Crippen LogP contribution in [0.25, 0.3) is 0 Å². The topological polar surface area (TPSA) is 85.9 Å². The number of nitro benzene ring substituents is 1. The van der Waals surface area contributed by atoms with E-state index in [2.05, 4.69) is 23.7 Å². The summed E-state index contributed by atoms with van der Waals surface area (Å²) in [5, 5.41) is 16.0. The van der Waals surface area contributed by atoms with Crippen molar-refractivity contribution in [2.45, 2.75) is 19.4 Å². The van der Waals surface area contributed by atoms with Gasteiger partial charge in [-0.2, -0.15) is 0 Å². The molecule has 1 aliphatic heterocycles. The predicted molar refractivity (Wildman–Crippen MR) is 95.4 cm³/mol. The van der Waals surface area contributed by atoms with E-state index in [4.69, 9.17) is 4.74 Å². The zero-order chi connectivity index (χ0) is 18.0. The number of nitro groups is 1. The largest absolute Gasteiger partial charge is 0.496 e. The second kappa shape index (κ2) is 7.20. The minimum atomic E-state index is -0.522. The number of carbonyl (C=O) groups excluding carboxylic acids is 1. The zero-order valence-electron chi connectivity index (χ0n) is 14.1. The minimum Gasteiger partial charge on any atom is -0.496 e. The Labute approximate surface area is 149 Å². The Balaban J connectivity index is 1.70. The number of anilines is 1. The smallest absolute Gasteiger partial charge is 0.296 e. The Kier molecular flexibility index (Phi) is 5.00. The van der Waals surface area contributed by atoms with Gasteiger partial charge in [-0.15, -0.1) is 11.3 Å². The molecular formula is C17H20N3O4S+. The molecule has 8 heteroatoms. The summed E-state index contributed by atoms with van der Waals surface area (Å²) >= 11 is 1.76. The number of amides is 1. The summed E-state index contributed by atoms with van der Waals surface area (Å²) in [6, 6.07) is 6.77. The highest BCUT2D eigenvalue weighted by Gasteiger charge is 2.30. The molecule has 0 fully saturated rings. The lowest BCUT2D eigenvalue weighted by atomic mass is 10.0. The molecule has 2 heterocycles. The first-order valence-corrected chi connectivity index (χ1v) is 8.90. The first kappa shape index (κ1) is 17.4. The molecule has 1 aromatic heterocycles. The number of rotatable bonds is 5. The van der Waals surface area contributed by atoms with Crippen molar-refractivity contribution in [3.05, 3.63) is 50.2 Å². The molecular weight excluding hydrogens is 342 g/mol. The van der Waals surface area contributed by atoms with E-state index in [9.17, 15) is 14.9 Å². The summed E-state index contributed by atoms with van der Waals surface area (Å²) in [6.45, 7) is 3.27. The number of nitrogens with one attached hydrogen (secondary N) is 2. The maximum absolute atomic E-state index is 12.4. The number of nitrogens with zero attached hydrogens (tertiary/aromatic N) is 1. The maximum Gasteiger partial charge on any atom is 0.296 e. The highest BCUT2D eigenvalue weighted by molar-refractivity contribution is 7.10. The van der Waals surface area contributed by atoms with E-state index < -0.39 is 4.92 Å². The summed E-state index contributed by atoms with van der Waals surface area (Å²) in [6.07, 6.45) is 0.961. The third-order valence-corrected chi connectivity index (χ3v) is 5.59. The minimum absolute atomic E-state index is 0.172. The molecule has 2 aromatic rings. The number of hydrogen-bond donors (Lipinski definition) is 2. The lowest BCUT2D eigenvalue weighted by molar-refractivity contribution is -0.923. The molecule has 1 aromatic carbocycles. The van der Waals surface area contributed by atoms with Crippen LogP contribution in [-0.2, 0) is 11.2 Å². The van der Waals surface area contributed by atoms with Crippen molar-refractivity contribution in [3.8, 4) is 5.75 Å². The average Bonchev–Trinajstić information content (AvgIpc) is 3.07. The summed E-state index contributed by atoms with van der Waals surface area (Å²) in [5.74, 6) is 0.152. The van der Waals surface area contributed by atoms with Gasteiger partial charge in [0.1, 0.15) is 17.5 Å². The predicted octanol–water partition coefficient (Wildman–Crippen LogP) is 1.81. The van der Waals surface area contributed by atoms with Crippen molar-refractivity contribution >= 4 is 28.6 Å². The Morgan fingerprint density at radius 3 is 3.00 bits per heavy atom. The standard InChI is InChI=1S/C17H19N3O4S/c1-11-13-6-8-25-16(13)5-7-19(11)10-17(21)18-14-4-3-12(24-2)9-15(14)20(22)23/h3-4,6,8-9,11H,5,7,10H2,1-2H3,(H,18,21)/p+1/t11-/m0/s1. The molecule has 0 saturated heterocycles. The number of thiophene rings is 1. The molecule has 0 aliphatic carbocycles. The van der Waals surface area contributed by atoms with Crippen molar-refractivity contribution in [2.24, 2.45) is 0 Å². The molecule has 132 valence electrons. The van der Waals surface area contributed by atoms with Gasteiger partial charge in [-0.25, -0.2) is 0 Å². The van der Waals surface area contributed by atoms with Crippen molar-refractivity contribution < 1.29 is 19.4 Å². The van der Waals surface area contributed by atoms with E-state index in [1.807, 2.05) is 0 Å². The normalized spacial score (nSPS) is 19.1. The van der Waals surface area contributed by atoms with Crippen LogP contribution < -0.4 is 15.0 Å². The van der Waals surface area contributed by atoms with Gasteiger partial charge >= 0.3 is 0 Å². The van der Waals surface area contributed by atoms with Crippen LogP contribution in [0.1, 0.15) is 23.4 Å². The molecule has 0 spiro atoms. The Morgan fingerprint density at radius 2 is 2.28 bits per heavy atom. The van der Waals surface area contributed by atoms with Crippen molar-refractivity contribution in [2.75, 3.05) is 25.5 Å². The number of ether oxygens (including phenoxy) is 1. The number of carbonyl (C=O) groups is 1. The van der Waals surface area contributed by atoms with Gasteiger partial charge < -0.3 is 15.0 Å². The molecule has 7 nitrogen and oxygen atoms in total. The molecule has 0 bridgehead atoms. The summed E-state index contributed by atoms with van der Waals surface area (Å²) in [5.41, 5.74) is 1.32. The van der Waals surface area contributed by atoms with Gasteiger partial charge in [0.05, 0.1) is 24.6 Å². The second-order valence-electron chi connectivity index (χ2n) is 6.04. The maximum atomic E-state index is 12.4. The van der Waals surface area contributed by atoms with Gasteiger partial charge in [-0.05, 0) is 30.5 Å². The summed E-state index contributed by atoms with van der Waals surface area (Å²) in [7, 11) is 1.44. The molecule has 2 atom stereocenters. The van der Waals surface area contributed by atoms with Gasteiger partial charge in [0.2, 0.25) is 0 Å². The number of hydrogen-bond acceptors (Lipinski definition) is 5. The molecule has 0 saturated carbocycles. The van der Waals surface area contributed by atoms with Crippen LogP contribution in [0.2, 0.25) is 0 Å². The van der Waals surface area contributed by atoms with E-state index in [-0.39, 0.29) is 29.9 Å². The third kappa shape index (κ3) is 3.64. The first-order chi connectivity index (χ1) is 12.0. The van der Waals surface area contributed by atoms with Crippen LogP contribution in [0.3, 0.4) is 0 Å². The van der Waals surface area contributed by atoms with Gasteiger partial charge in [0.15, 0.2) is 6.54 Å². The number of benzene rings is 1. The Hall–Kier alpha value is -2.45. The van der Waals surface area contributed by atoms with E-state index in [0.29, 0.717) is 5.75 Å². The van der Waals surface area contributed by atoms with Crippen LogP contribution in [0.15, 0.2) is 29.6 Å². The van der Waals surface area contributed by atoms with Crippen molar-refractivity contribution in [1.82, 2.24) is 0 Å². The summed E-state index contributed by atoms with van der Waals surface area (Å²) < 4.78 is 5.01. The number of fused-ring (bicyclic) bond motifs is 1. The summed E-state index contributed by atoms with van der Waals surface area (Å²) in [4.78, 5) is 25.7. The van der Waals surface area contributed by atoms with E-state index in [1.54, 1.807) is 17.4 Å². The quantitative estimate of drug-likeness (QED) is 0.627. The monoisotopic (exact) mass is 362 g/mol.